The van der Waals surface area contributed by atoms with E-state index in [1.807, 2.05) is 13.8 Å². The summed E-state index contributed by atoms with van der Waals surface area (Å²) >= 11 is -2.24. The molecule has 9 heavy (non-hydrogen) atoms. The van der Waals surface area contributed by atoms with E-state index in [9.17, 15) is 0 Å². The van der Waals surface area contributed by atoms with E-state index >= 15 is 0 Å². The molecular formula is C4H10Cl3HfO. The Bertz CT molecular complexity index is 48.3. The first-order valence-corrected chi connectivity index (χ1v) is 15.8. The average molecular weight is 359 g/mol. The first-order valence-electron chi connectivity index (χ1n) is 2.45. The van der Waals surface area contributed by atoms with Crippen molar-refractivity contribution < 1.29 is 23.0 Å². The Labute approximate surface area is 74.6 Å². The summed E-state index contributed by atoms with van der Waals surface area (Å²) in [6.45, 7) is 4.25. The van der Waals surface area contributed by atoms with Gasteiger partial charge in [-0.3, -0.25) is 0 Å². The molecule has 0 saturated heterocycles. The summed E-state index contributed by atoms with van der Waals surface area (Å²) in [5, 5.41) is 8.14. The van der Waals surface area contributed by atoms with E-state index < -0.39 is 17.9 Å². The standard InChI is InChI=1S/C4H10O.3ClH.Hf/c1-4(2)3-5;;;;/h4-5H,3H2,1-2H3;3*1H;/q;;;;+3/p-3. The normalized spacial score (nSPS) is 8.33. The van der Waals surface area contributed by atoms with Gasteiger partial charge >= 0.3 is 43.6 Å². The van der Waals surface area contributed by atoms with Gasteiger partial charge < -0.3 is 5.11 Å². The van der Waals surface area contributed by atoms with Crippen LogP contribution < -0.4 is 0 Å². The van der Waals surface area contributed by atoms with Crippen LogP contribution in [0, 0.1) is 5.92 Å². The molecule has 0 rings (SSSR count). The molecule has 0 spiro atoms. The summed E-state index contributed by atoms with van der Waals surface area (Å²) in [4.78, 5) is 0. The van der Waals surface area contributed by atoms with Crippen LogP contribution >= 0.6 is 25.7 Å². The third-order valence-corrected chi connectivity index (χ3v) is 0.365. The quantitative estimate of drug-likeness (QED) is 0.714. The summed E-state index contributed by atoms with van der Waals surface area (Å²) in [6.07, 6.45) is 0. The van der Waals surface area contributed by atoms with Crippen molar-refractivity contribution in [1.82, 2.24) is 0 Å². The summed E-state index contributed by atoms with van der Waals surface area (Å²) < 4.78 is 0. The van der Waals surface area contributed by atoms with Crippen molar-refractivity contribution in [3.05, 3.63) is 0 Å². The average Bonchev–Trinajstić information content (AvgIpc) is 1.65. The van der Waals surface area contributed by atoms with E-state index in [1.165, 1.54) is 0 Å². The van der Waals surface area contributed by atoms with Gasteiger partial charge in [0.15, 0.2) is 0 Å². The van der Waals surface area contributed by atoms with Crippen LogP contribution in [-0.4, -0.2) is 11.7 Å². The summed E-state index contributed by atoms with van der Waals surface area (Å²) in [5.74, 6) is 0.440. The molecule has 5 heteroatoms. The van der Waals surface area contributed by atoms with Gasteiger partial charge in [0.25, 0.3) is 0 Å². The van der Waals surface area contributed by atoms with Gasteiger partial charge in [-0.15, -0.1) is 0 Å². The molecule has 0 fully saturated rings. The fourth-order valence-corrected chi connectivity index (χ4v) is 0. The Kier molecular flexibility index (Phi) is 14.3. The first-order chi connectivity index (χ1) is 4.00. The summed E-state index contributed by atoms with van der Waals surface area (Å²) in [6, 6.07) is 0. The van der Waals surface area contributed by atoms with E-state index in [2.05, 4.69) is 0 Å². The summed E-state index contributed by atoms with van der Waals surface area (Å²) in [5.41, 5.74) is 0. The molecule has 0 heterocycles. The number of aliphatic hydroxyl groups is 1. The minimum atomic E-state index is -2.24. The zero-order chi connectivity index (χ0) is 7.86. The molecule has 0 saturated carbocycles. The van der Waals surface area contributed by atoms with Gasteiger partial charge in [0.2, 0.25) is 0 Å². The van der Waals surface area contributed by atoms with E-state index in [0.29, 0.717) is 12.5 Å². The molecule has 0 bridgehead atoms. The van der Waals surface area contributed by atoms with Gasteiger partial charge in [-0.1, -0.05) is 13.8 Å². The van der Waals surface area contributed by atoms with Gasteiger partial charge in [-0.25, -0.2) is 0 Å². The molecule has 57 valence electrons. The van der Waals surface area contributed by atoms with Crippen LogP contribution in [0.25, 0.3) is 0 Å². The topological polar surface area (TPSA) is 20.2 Å². The van der Waals surface area contributed by atoms with E-state index in [1.54, 1.807) is 0 Å². The van der Waals surface area contributed by atoms with E-state index in [4.69, 9.17) is 30.8 Å². The third-order valence-electron chi connectivity index (χ3n) is 0.365. The number of hydrogen-bond acceptors (Lipinski definition) is 1. The molecule has 0 aromatic heterocycles. The van der Waals surface area contributed by atoms with Crippen LogP contribution in [0.1, 0.15) is 13.8 Å². The molecule has 0 radical (unpaired) electrons. The third kappa shape index (κ3) is 42.0. The van der Waals surface area contributed by atoms with E-state index in [0.717, 1.165) is 0 Å². The monoisotopic (exact) mass is 359 g/mol. The molecule has 0 aliphatic heterocycles. The predicted octanol–water partition coefficient (Wildman–Crippen LogP) is 2.70. The van der Waals surface area contributed by atoms with Crippen LogP contribution in [0.5, 0.6) is 0 Å². The molecule has 0 atom stereocenters. The molecule has 0 aliphatic carbocycles. The SMILES string of the molecule is CC(C)CO.[Cl][Hf]([Cl])[Cl]. The fourth-order valence-electron chi connectivity index (χ4n) is 0. The fraction of sp³-hybridized carbons (Fsp3) is 1.00. The van der Waals surface area contributed by atoms with Crippen molar-refractivity contribution in [1.29, 1.82) is 0 Å². The predicted molar refractivity (Wildman–Crippen MR) is 39.5 cm³/mol. The minimum absolute atomic E-state index is 0.306. The Morgan fingerprint density at radius 3 is 1.44 bits per heavy atom. The Hall–Kier alpha value is 1.70. The Morgan fingerprint density at radius 1 is 1.33 bits per heavy atom. The second-order valence-corrected chi connectivity index (χ2v) is 17.4. The second kappa shape index (κ2) is 9.70. The Balaban J connectivity index is 0. The summed E-state index contributed by atoms with van der Waals surface area (Å²) in [7, 11) is 15.1. The van der Waals surface area contributed by atoms with Crippen molar-refractivity contribution in [2.75, 3.05) is 6.61 Å². The maximum atomic E-state index is 8.14. The van der Waals surface area contributed by atoms with Gasteiger partial charge in [-0.2, -0.15) is 0 Å². The van der Waals surface area contributed by atoms with Crippen LogP contribution in [0.4, 0.5) is 0 Å². The van der Waals surface area contributed by atoms with Crippen molar-refractivity contribution in [2.45, 2.75) is 13.8 Å². The van der Waals surface area contributed by atoms with Crippen LogP contribution in [0.15, 0.2) is 0 Å². The van der Waals surface area contributed by atoms with Gasteiger partial charge in [0.05, 0.1) is 0 Å². The zero-order valence-electron chi connectivity index (χ0n) is 5.37. The molecule has 0 amide bonds. The van der Waals surface area contributed by atoms with Crippen molar-refractivity contribution >= 4 is 25.7 Å². The Morgan fingerprint density at radius 2 is 1.44 bits per heavy atom. The molecule has 0 aliphatic rings. The van der Waals surface area contributed by atoms with Crippen LogP contribution in [-0.2, 0) is 17.9 Å². The number of rotatable bonds is 1. The van der Waals surface area contributed by atoms with Crippen molar-refractivity contribution in [2.24, 2.45) is 5.92 Å². The van der Waals surface area contributed by atoms with Crippen LogP contribution in [0.2, 0.25) is 0 Å². The van der Waals surface area contributed by atoms with Gasteiger partial charge in [-0.05, 0) is 5.92 Å². The molecule has 1 nitrogen and oxygen atoms in total. The second-order valence-electron chi connectivity index (χ2n) is 1.79. The van der Waals surface area contributed by atoms with Crippen LogP contribution in [0.3, 0.4) is 0 Å². The number of hydrogen-bond donors (Lipinski definition) is 1. The van der Waals surface area contributed by atoms with E-state index in [-0.39, 0.29) is 0 Å². The van der Waals surface area contributed by atoms with Crippen molar-refractivity contribution in [3.63, 3.8) is 0 Å². The number of halogens is 3. The molecule has 1 N–H and O–H groups in total. The maximum absolute atomic E-state index is 8.14. The number of aliphatic hydroxyl groups excluding tert-OH is 1. The molecule has 0 unspecified atom stereocenters. The van der Waals surface area contributed by atoms with Gasteiger partial charge in [0.1, 0.15) is 0 Å². The van der Waals surface area contributed by atoms with Gasteiger partial charge in [0, 0.05) is 6.61 Å². The first kappa shape index (κ1) is 13.3. The molecule has 0 aromatic rings. The zero-order valence-corrected chi connectivity index (χ0v) is 11.2. The molecule has 0 aromatic carbocycles. The molecular weight excluding hydrogens is 349 g/mol. The van der Waals surface area contributed by atoms with Crippen molar-refractivity contribution in [3.8, 4) is 0 Å².